The van der Waals surface area contributed by atoms with Crippen LogP contribution in [0.15, 0.2) is 41.1 Å². The van der Waals surface area contributed by atoms with Crippen molar-refractivity contribution in [3.05, 3.63) is 42.2 Å². The molecule has 3 rings (SSSR count). The van der Waals surface area contributed by atoms with Gasteiger partial charge >= 0.3 is 0 Å². The zero-order valence-electron chi connectivity index (χ0n) is 11.3. The molecule has 0 aliphatic heterocycles. The molecule has 0 amide bonds. The van der Waals surface area contributed by atoms with Gasteiger partial charge in [-0.3, -0.25) is 0 Å². The molecule has 19 heavy (non-hydrogen) atoms. The summed E-state index contributed by atoms with van der Waals surface area (Å²) in [6, 6.07) is 9.90. The molecule has 0 fully saturated rings. The van der Waals surface area contributed by atoms with Gasteiger partial charge in [-0.15, -0.1) is 0 Å². The number of rotatable bonds is 1. The van der Waals surface area contributed by atoms with Crippen LogP contribution >= 0.6 is 0 Å². The topological polar surface area (TPSA) is 64.9 Å². The molecule has 2 N–H and O–H groups in total. The van der Waals surface area contributed by atoms with Crippen molar-refractivity contribution in [2.45, 2.75) is 20.8 Å². The first-order valence-corrected chi connectivity index (χ1v) is 6.32. The zero-order valence-corrected chi connectivity index (χ0v) is 11.3. The molecule has 0 spiro atoms. The quantitative estimate of drug-likeness (QED) is 0.718. The average molecular weight is 255 g/mol. The van der Waals surface area contributed by atoms with E-state index in [1.54, 1.807) is 0 Å². The maximum atomic E-state index is 5.84. The molecule has 1 aromatic carbocycles. The number of aromatic nitrogens is 2. The van der Waals surface area contributed by atoms with Gasteiger partial charge in [0.1, 0.15) is 17.9 Å². The number of nitrogens with two attached hydrogens (primary N) is 1. The molecule has 0 unspecified atom stereocenters. The normalized spacial score (nSPS) is 10.1. The van der Waals surface area contributed by atoms with E-state index in [4.69, 9.17) is 10.2 Å². The van der Waals surface area contributed by atoms with Crippen LogP contribution in [-0.2, 0) is 0 Å². The predicted molar refractivity (Wildman–Crippen MR) is 77.7 cm³/mol. The fourth-order valence-electron chi connectivity index (χ4n) is 1.96. The summed E-state index contributed by atoms with van der Waals surface area (Å²) in [7, 11) is 0. The Hall–Kier alpha value is -2.36. The summed E-state index contributed by atoms with van der Waals surface area (Å²) in [5, 5.41) is 0.798. The Morgan fingerprint density at radius 3 is 2.37 bits per heavy atom. The third-order valence-electron chi connectivity index (χ3n) is 2.79. The van der Waals surface area contributed by atoms with Crippen molar-refractivity contribution < 1.29 is 4.42 Å². The molecule has 2 aromatic heterocycles. The van der Waals surface area contributed by atoms with E-state index in [0.717, 1.165) is 22.3 Å². The Labute approximate surface area is 112 Å². The number of fused-ring (bicyclic) bond motifs is 1. The standard InChI is InChI=1S/C13H11N3O.C2H6/c1-8-10-12(14)15-7-16-13(10)17-11(8)9-5-3-2-4-6-9;1-2/h2-7H,1H3,(H2,14,15,16);1-2H3. The van der Waals surface area contributed by atoms with Crippen molar-refractivity contribution in [3.63, 3.8) is 0 Å². The van der Waals surface area contributed by atoms with Gasteiger partial charge in [0.15, 0.2) is 0 Å². The second kappa shape index (κ2) is 5.52. The lowest BCUT2D eigenvalue weighted by Gasteiger charge is -1.97. The Morgan fingerprint density at radius 1 is 1.05 bits per heavy atom. The minimum absolute atomic E-state index is 0.457. The minimum Gasteiger partial charge on any atom is -0.437 e. The van der Waals surface area contributed by atoms with Gasteiger partial charge in [-0.1, -0.05) is 44.2 Å². The summed E-state index contributed by atoms with van der Waals surface area (Å²) in [5.41, 5.74) is 8.37. The zero-order chi connectivity index (χ0) is 13.8. The van der Waals surface area contributed by atoms with Crippen LogP contribution in [0.5, 0.6) is 0 Å². The maximum absolute atomic E-state index is 5.84. The lowest BCUT2D eigenvalue weighted by Crippen LogP contribution is -1.91. The summed E-state index contributed by atoms with van der Waals surface area (Å²) in [4.78, 5) is 8.07. The molecule has 0 saturated carbocycles. The summed E-state index contributed by atoms with van der Waals surface area (Å²) in [6.07, 6.45) is 1.41. The van der Waals surface area contributed by atoms with E-state index >= 15 is 0 Å². The second-order valence-corrected chi connectivity index (χ2v) is 3.86. The highest BCUT2D eigenvalue weighted by Crippen LogP contribution is 2.33. The molecule has 0 atom stereocenters. The maximum Gasteiger partial charge on any atom is 0.232 e. The van der Waals surface area contributed by atoms with E-state index in [9.17, 15) is 0 Å². The van der Waals surface area contributed by atoms with Crippen LogP contribution in [0, 0.1) is 6.92 Å². The Balaban J connectivity index is 0.000000637. The number of benzene rings is 1. The van der Waals surface area contributed by atoms with Crippen LogP contribution in [0.1, 0.15) is 19.4 Å². The summed E-state index contributed by atoms with van der Waals surface area (Å²) in [5.74, 6) is 1.26. The van der Waals surface area contributed by atoms with E-state index < -0.39 is 0 Å². The highest BCUT2D eigenvalue weighted by atomic mass is 16.3. The molecule has 4 heteroatoms. The number of anilines is 1. The lowest BCUT2D eigenvalue weighted by molar-refractivity contribution is 0.615. The SMILES string of the molecule is CC.Cc1c(-c2ccccc2)oc2ncnc(N)c12. The second-order valence-electron chi connectivity index (χ2n) is 3.86. The summed E-state index contributed by atoms with van der Waals surface area (Å²) in [6.45, 7) is 5.97. The Morgan fingerprint density at radius 2 is 1.74 bits per heavy atom. The van der Waals surface area contributed by atoms with Crippen molar-refractivity contribution in [2.24, 2.45) is 0 Å². The smallest absolute Gasteiger partial charge is 0.232 e. The van der Waals surface area contributed by atoms with Gasteiger partial charge in [-0.2, -0.15) is 0 Å². The molecule has 4 nitrogen and oxygen atoms in total. The van der Waals surface area contributed by atoms with E-state index in [1.807, 2.05) is 51.1 Å². The van der Waals surface area contributed by atoms with Crippen molar-refractivity contribution in [1.82, 2.24) is 9.97 Å². The van der Waals surface area contributed by atoms with Crippen molar-refractivity contribution in [1.29, 1.82) is 0 Å². The molecular formula is C15H17N3O. The van der Waals surface area contributed by atoms with Gasteiger partial charge in [-0.25, -0.2) is 9.97 Å². The van der Waals surface area contributed by atoms with Crippen LogP contribution in [0.2, 0.25) is 0 Å². The molecule has 0 bridgehead atoms. The van der Waals surface area contributed by atoms with Crippen molar-refractivity contribution in [2.75, 3.05) is 5.73 Å². The van der Waals surface area contributed by atoms with E-state index in [2.05, 4.69) is 9.97 Å². The van der Waals surface area contributed by atoms with Gasteiger partial charge in [0.2, 0.25) is 5.71 Å². The van der Waals surface area contributed by atoms with E-state index in [0.29, 0.717) is 11.5 Å². The fourth-order valence-corrected chi connectivity index (χ4v) is 1.96. The Bertz CT molecular complexity index is 674. The number of hydrogen-bond donors (Lipinski definition) is 1. The first-order chi connectivity index (χ1) is 9.27. The number of furan rings is 1. The molecular weight excluding hydrogens is 238 g/mol. The number of hydrogen-bond acceptors (Lipinski definition) is 4. The lowest BCUT2D eigenvalue weighted by atomic mass is 10.1. The van der Waals surface area contributed by atoms with Crippen molar-refractivity contribution >= 4 is 16.9 Å². The van der Waals surface area contributed by atoms with Gasteiger partial charge in [-0.05, 0) is 6.92 Å². The average Bonchev–Trinajstić information content (AvgIpc) is 2.81. The molecule has 0 radical (unpaired) electrons. The molecule has 0 saturated heterocycles. The highest BCUT2D eigenvalue weighted by molar-refractivity contribution is 5.92. The molecule has 98 valence electrons. The predicted octanol–water partition coefficient (Wildman–Crippen LogP) is 3.81. The van der Waals surface area contributed by atoms with Gasteiger partial charge in [0, 0.05) is 11.1 Å². The fraction of sp³-hybridized carbons (Fsp3) is 0.200. The molecule has 3 aromatic rings. The summed E-state index contributed by atoms with van der Waals surface area (Å²) < 4.78 is 5.73. The van der Waals surface area contributed by atoms with E-state index in [1.165, 1.54) is 6.33 Å². The van der Waals surface area contributed by atoms with Crippen LogP contribution < -0.4 is 5.73 Å². The largest absolute Gasteiger partial charge is 0.437 e. The monoisotopic (exact) mass is 255 g/mol. The van der Waals surface area contributed by atoms with E-state index in [-0.39, 0.29) is 0 Å². The number of nitrogens with zero attached hydrogens (tertiary/aromatic N) is 2. The first kappa shape index (κ1) is 13.1. The van der Waals surface area contributed by atoms with Gasteiger partial charge < -0.3 is 10.2 Å². The number of nitrogen functional groups attached to an aromatic ring is 1. The van der Waals surface area contributed by atoms with Gasteiger partial charge in [0.25, 0.3) is 0 Å². The van der Waals surface area contributed by atoms with Crippen LogP contribution in [0.4, 0.5) is 5.82 Å². The van der Waals surface area contributed by atoms with Crippen LogP contribution in [-0.4, -0.2) is 9.97 Å². The third-order valence-corrected chi connectivity index (χ3v) is 2.79. The number of aryl methyl sites for hydroxylation is 1. The van der Waals surface area contributed by atoms with Crippen molar-refractivity contribution in [3.8, 4) is 11.3 Å². The first-order valence-electron chi connectivity index (χ1n) is 6.32. The molecule has 0 aliphatic carbocycles. The molecule has 0 aliphatic rings. The van der Waals surface area contributed by atoms with Gasteiger partial charge in [0.05, 0.1) is 5.39 Å². The van der Waals surface area contributed by atoms with Crippen LogP contribution in [0.3, 0.4) is 0 Å². The minimum atomic E-state index is 0.457. The molecule has 2 heterocycles. The highest BCUT2D eigenvalue weighted by Gasteiger charge is 2.15. The third kappa shape index (κ3) is 2.29. The summed E-state index contributed by atoms with van der Waals surface area (Å²) >= 11 is 0. The Kier molecular flexibility index (Phi) is 3.80. The van der Waals surface area contributed by atoms with Crippen LogP contribution in [0.25, 0.3) is 22.4 Å².